The lowest BCUT2D eigenvalue weighted by Gasteiger charge is -2.57. The molecule has 12 bridgehead atoms. The third-order valence-corrected chi connectivity index (χ3v) is 18.7. The Balaban J connectivity index is 0.942. The molecule has 6 nitrogen and oxygen atoms in total. The van der Waals surface area contributed by atoms with Crippen LogP contribution in [0, 0.1) is 53.3 Å². The molecule has 4 aromatic rings. The number of hydrogen-bond acceptors (Lipinski definition) is 6. The molecule has 12 saturated carbocycles. The van der Waals surface area contributed by atoms with Crippen LogP contribution in [0.1, 0.15) is 132 Å². The summed E-state index contributed by atoms with van der Waals surface area (Å²) in [4.78, 5) is 0. The number of nitrogen functional groups attached to an aromatic ring is 2. The number of hydrogen-bond donors (Lipinski definition) is 4. The minimum Gasteiger partial charge on any atom is -0.506 e. The van der Waals surface area contributed by atoms with E-state index in [1.165, 1.54) is 132 Å². The summed E-state index contributed by atoms with van der Waals surface area (Å²) in [7, 11) is 0. The van der Waals surface area contributed by atoms with Crippen LogP contribution in [0.5, 0.6) is 34.5 Å². The second kappa shape index (κ2) is 12.9. The zero-order valence-electron chi connectivity index (χ0n) is 35.1. The van der Waals surface area contributed by atoms with Crippen LogP contribution in [0.4, 0.5) is 11.4 Å². The molecule has 0 aromatic heterocycles. The molecule has 4 aromatic carbocycles. The van der Waals surface area contributed by atoms with E-state index in [0.717, 1.165) is 87.4 Å². The summed E-state index contributed by atoms with van der Waals surface area (Å²) in [6.45, 7) is 0. The molecule has 6 heteroatoms. The third-order valence-electron chi connectivity index (χ3n) is 18.7. The van der Waals surface area contributed by atoms with Gasteiger partial charge in [-0.15, -0.1) is 0 Å². The minimum atomic E-state index is 0.0248. The minimum absolute atomic E-state index is 0.0248. The van der Waals surface area contributed by atoms with E-state index in [9.17, 15) is 10.2 Å². The molecule has 0 unspecified atom stereocenters. The van der Waals surface area contributed by atoms with Gasteiger partial charge in [-0.2, -0.15) is 0 Å². The first-order valence-corrected chi connectivity index (χ1v) is 23.9. The summed E-state index contributed by atoms with van der Waals surface area (Å²) in [5.74, 6) is 10.2. The van der Waals surface area contributed by atoms with Crippen molar-refractivity contribution in [3.05, 3.63) is 83.4 Å². The SMILES string of the molecule is Nc1cc(C23CC4CC(CC(C4)C2)C3)c(Oc2ccccc2-c2cc(C34CC5CC(CC(C5)C3)C4)ccc2Oc2cc(O)c(N)cc2C23CC4CC(CC(C4)C2)C3)cc1O. The van der Waals surface area contributed by atoms with Crippen molar-refractivity contribution < 1.29 is 19.7 Å². The number of ether oxygens (including phenoxy) is 2. The molecule has 0 amide bonds. The Morgan fingerprint density at radius 3 is 1.18 bits per heavy atom. The summed E-state index contributed by atoms with van der Waals surface area (Å²) >= 11 is 0. The van der Waals surface area contributed by atoms with Crippen LogP contribution < -0.4 is 20.9 Å². The summed E-state index contributed by atoms with van der Waals surface area (Å²) in [5, 5.41) is 22.4. The number of benzene rings is 4. The van der Waals surface area contributed by atoms with Gasteiger partial charge in [0.15, 0.2) is 0 Å². The van der Waals surface area contributed by atoms with Crippen LogP contribution in [0.3, 0.4) is 0 Å². The van der Waals surface area contributed by atoms with Crippen molar-refractivity contribution in [1.82, 2.24) is 0 Å². The molecule has 0 spiro atoms. The van der Waals surface area contributed by atoms with Crippen molar-refractivity contribution in [1.29, 1.82) is 0 Å². The molecular formula is C54H62N2O4. The summed E-state index contributed by atoms with van der Waals surface area (Å²) in [5.41, 5.74) is 20.0. The topological polar surface area (TPSA) is 111 Å². The maximum Gasteiger partial charge on any atom is 0.142 e. The van der Waals surface area contributed by atoms with E-state index in [1.807, 2.05) is 6.07 Å². The molecule has 12 aliphatic carbocycles. The van der Waals surface area contributed by atoms with Gasteiger partial charge in [0, 0.05) is 34.4 Å². The lowest BCUT2D eigenvalue weighted by Crippen LogP contribution is -2.48. The quantitative estimate of drug-likeness (QED) is 0.104. The van der Waals surface area contributed by atoms with Gasteiger partial charge >= 0.3 is 0 Å². The number of phenols is 2. The van der Waals surface area contributed by atoms with Crippen molar-refractivity contribution in [3.63, 3.8) is 0 Å². The molecule has 0 aliphatic heterocycles. The van der Waals surface area contributed by atoms with Crippen LogP contribution in [0.2, 0.25) is 0 Å². The summed E-state index contributed by atoms with van der Waals surface area (Å²) < 4.78 is 14.5. The highest BCUT2D eigenvalue weighted by molar-refractivity contribution is 5.78. The van der Waals surface area contributed by atoms with Crippen molar-refractivity contribution in [2.45, 2.75) is 132 Å². The Labute approximate surface area is 355 Å². The van der Waals surface area contributed by atoms with Gasteiger partial charge in [-0.05, 0) is 221 Å². The van der Waals surface area contributed by atoms with Crippen LogP contribution in [-0.4, -0.2) is 10.2 Å². The molecule has 312 valence electrons. The molecule has 0 atom stereocenters. The maximum absolute atomic E-state index is 11.2. The predicted octanol–water partition coefficient (Wildman–Crippen LogP) is 12.9. The largest absolute Gasteiger partial charge is 0.506 e. The fourth-order valence-corrected chi connectivity index (χ4v) is 17.7. The summed E-state index contributed by atoms with van der Waals surface area (Å²) in [6, 6.07) is 23.2. The van der Waals surface area contributed by atoms with E-state index in [0.29, 0.717) is 11.4 Å². The molecule has 60 heavy (non-hydrogen) atoms. The number of phenolic OH excluding ortho intramolecular Hbond substituents is 2. The highest BCUT2D eigenvalue weighted by Crippen LogP contribution is 2.65. The van der Waals surface area contributed by atoms with E-state index < -0.39 is 0 Å². The Hall–Kier alpha value is -4.32. The average molecular weight is 803 g/mol. The fourth-order valence-electron chi connectivity index (χ4n) is 17.7. The second-order valence-electron chi connectivity index (χ2n) is 22.8. The standard InChI is InChI=1S/C54H62N2O4/c55-44-17-42(53-24-33-10-34(25-53)12-35(11-33)26-53)50(19-46(44)57)59-48-4-2-1-3-40(48)41-16-39(52-21-30-7-31(22-52)9-32(8-30)23-52)5-6-49(41)60-51-20-47(58)45(56)18-43(51)54-27-36-13-37(28-54)15-38(14-36)29-54/h1-6,16-20,30-38,57-58H,7-15,21-29,55-56H2. The molecule has 12 fully saturated rings. The van der Waals surface area contributed by atoms with E-state index >= 15 is 0 Å². The molecule has 0 saturated heterocycles. The lowest BCUT2D eigenvalue weighted by molar-refractivity contribution is -0.00614. The number of nitrogens with two attached hydrogens (primary N) is 2. The monoisotopic (exact) mass is 802 g/mol. The Morgan fingerprint density at radius 1 is 0.400 bits per heavy atom. The zero-order valence-corrected chi connectivity index (χ0v) is 35.1. The Morgan fingerprint density at radius 2 is 0.767 bits per heavy atom. The first kappa shape index (κ1) is 36.3. The lowest BCUT2D eigenvalue weighted by atomic mass is 9.48. The van der Waals surface area contributed by atoms with Crippen molar-refractivity contribution in [2.75, 3.05) is 11.5 Å². The van der Waals surface area contributed by atoms with Gasteiger partial charge in [-0.25, -0.2) is 0 Å². The van der Waals surface area contributed by atoms with E-state index in [2.05, 4.69) is 48.5 Å². The molecule has 12 aliphatic rings. The molecule has 6 N–H and O–H groups in total. The smallest absolute Gasteiger partial charge is 0.142 e. The van der Waals surface area contributed by atoms with Crippen molar-refractivity contribution in [2.24, 2.45) is 53.3 Å². The van der Waals surface area contributed by atoms with E-state index in [4.69, 9.17) is 20.9 Å². The van der Waals surface area contributed by atoms with Crippen LogP contribution in [0.25, 0.3) is 11.1 Å². The third kappa shape index (κ3) is 5.63. The van der Waals surface area contributed by atoms with Gasteiger partial charge < -0.3 is 31.2 Å². The Kier molecular flexibility index (Phi) is 7.79. The van der Waals surface area contributed by atoms with Crippen LogP contribution in [0.15, 0.2) is 66.7 Å². The van der Waals surface area contributed by atoms with Gasteiger partial charge in [0.05, 0.1) is 11.4 Å². The highest BCUT2D eigenvalue weighted by Gasteiger charge is 2.55. The first-order chi connectivity index (χ1) is 29.1. The number of aromatic hydroxyl groups is 2. The molecule has 16 rings (SSSR count). The fraction of sp³-hybridized carbons (Fsp3) is 0.556. The van der Waals surface area contributed by atoms with Gasteiger partial charge in [-0.1, -0.05) is 24.3 Å². The zero-order chi connectivity index (χ0) is 40.1. The highest BCUT2D eigenvalue weighted by atomic mass is 16.5. The normalized spacial score (nSPS) is 38.8. The maximum atomic E-state index is 11.2. The predicted molar refractivity (Wildman–Crippen MR) is 237 cm³/mol. The van der Waals surface area contributed by atoms with Gasteiger partial charge in [0.25, 0.3) is 0 Å². The van der Waals surface area contributed by atoms with Gasteiger partial charge in [0.2, 0.25) is 0 Å². The average Bonchev–Trinajstić information content (AvgIpc) is 3.19. The number of anilines is 2. The summed E-state index contributed by atoms with van der Waals surface area (Å²) in [6.07, 6.45) is 23.2. The molecule has 0 radical (unpaired) electrons. The Bertz CT molecular complexity index is 2310. The van der Waals surface area contributed by atoms with Gasteiger partial charge in [-0.3, -0.25) is 0 Å². The first-order valence-electron chi connectivity index (χ1n) is 23.9. The number of para-hydroxylation sites is 1. The van der Waals surface area contributed by atoms with Crippen molar-refractivity contribution >= 4 is 11.4 Å². The van der Waals surface area contributed by atoms with E-state index in [-0.39, 0.29) is 27.7 Å². The van der Waals surface area contributed by atoms with E-state index in [1.54, 1.807) is 12.1 Å². The molecular weight excluding hydrogens is 741 g/mol. The van der Waals surface area contributed by atoms with Crippen LogP contribution >= 0.6 is 0 Å². The van der Waals surface area contributed by atoms with Crippen molar-refractivity contribution in [3.8, 4) is 45.6 Å². The van der Waals surface area contributed by atoms with Gasteiger partial charge in [0.1, 0.15) is 34.5 Å². The second-order valence-corrected chi connectivity index (χ2v) is 22.8. The van der Waals surface area contributed by atoms with Crippen LogP contribution in [-0.2, 0) is 16.2 Å². The molecule has 0 heterocycles. The number of rotatable bonds is 8.